The Labute approximate surface area is 224 Å². The molecule has 0 bridgehead atoms. The van der Waals surface area contributed by atoms with Gasteiger partial charge in [0.05, 0.1) is 24.4 Å². The van der Waals surface area contributed by atoms with Crippen LogP contribution in [0.25, 0.3) is 0 Å². The van der Waals surface area contributed by atoms with Gasteiger partial charge >= 0.3 is 6.18 Å². The molecule has 0 fully saturated rings. The highest BCUT2D eigenvalue weighted by Gasteiger charge is 2.36. The van der Waals surface area contributed by atoms with Gasteiger partial charge in [-0.25, -0.2) is 4.99 Å². The van der Waals surface area contributed by atoms with Crippen LogP contribution in [-0.4, -0.2) is 28.1 Å². The second kappa shape index (κ2) is 10.1. The van der Waals surface area contributed by atoms with Crippen LogP contribution in [0.15, 0.2) is 78.3 Å². The van der Waals surface area contributed by atoms with Crippen LogP contribution >= 0.6 is 12.2 Å². The van der Waals surface area contributed by atoms with E-state index in [4.69, 9.17) is 17.0 Å². The fourth-order valence-corrected chi connectivity index (χ4v) is 4.82. The maximum Gasteiger partial charge on any atom is 0.416 e. The summed E-state index contributed by atoms with van der Waals surface area (Å²) in [5, 5.41) is 20.6. The molecule has 9 heteroatoms. The summed E-state index contributed by atoms with van der Waals surface area (Å²) < 4.78 is 46.4. The van der Waals surface area contributed by atoms with Gasteiger partial charge in [0.15, 0.2) is 0 Å². The molecule has 2 N–H and O–H groups in total. The molecule has 0 aromatic heterocycles. The molecule has 4 rings (SSSR count). The smallest absolute Gasteiger partial charge is 0.416 e. The van der Waals surface area contributed by atoms with Gasteiger partial charge in [-0.15, -0.1) is 6.58 Å². The topological polar surface area (TPSA) is 65.3 Å². The molecule has 0 saturated heterocycles. The van der Waals surface area contributed by atoms with Crippen molar-refractivity contribution in [3.8, 4) is 17.2 Å². The normalized spacial score (nSPS) is 16.3. The van der Waals surface area contributed by atoms with Gasteiger partial charge in [-0.05, 0) is 66.3 Å². The number of aliphatic imine (C=N–C) groups is 1. The van der Waals surface area contributed by atoms with Crippen molar-refractivity contribution < 1.29 is 28.1 Å². The van der Waals surface area contributed by atoms with Crippen molar-refractivity contribution in [1.82, 2.24) is 0 Å². The van der Waals surface area contributed by atoms with E-state index in [1.54, 1.807) is 35.2 Å². The van der Waals surface area contributed by atoms with E-state index in [-0.39, 0.29) is 28.7 Å². The minimum absolute atomic E-state index is 0.00642. The highest BCUT2D eigenvalue weighted by atomic mass is 32.1. The second-order valence-corrected chi connectivity index (χ2v) is 9.93. The van der Waals surface area contributed by atoms with E-state index in [0.29, 0.717) is 28.2 Å². The third-order valence-corrected chi connectivity index (χ3v) is 6.99. The van der Waals surface area contributed by atoms with Crippen molar-refractivity contribution >= 4 is 28.7 Å². The number of anilines is 1. The zero-order valence-electron chi connectivity index (χ0n) is 21.1. The summed E-state index contributed by atoms with van der Waals surface area (Å²) in [6, 6.07) is 14.0. The van der Waals surface area contributed by atoms with E-state index in [0.717, 1.165) is 12.1 Å². The van der Waals surface area contributed by atoms with Gasteiger partial charge in [0, 0.05) is 34.7 Å². The van der Waals surface area contributed by atoms with E-state index < -0.39 is 23.2 Å². The summed E-state index contributed by atoms with van der Waals surface area (Å²) in [6.45, 7) is 7.67. The van der Waals surface area contributed by atoms with Gasteiger partial charge in [-0.2, -0.15) is 13.2 Å². The number of hydrogen-bond acceptors (Lipinski definition) is 4. The number of alkyl halides is 3. The predicted octanol–water partition coefficient (Wildman–Crippen LogP) is 7.31. The predicted molar refractivity (Wildman–Crippen MR) is 146 cm³/mol. The zero-order chi connectivity index (χ0) is 27.8. The Morgan fingerprint density at radius 1 is 1.08 bits per heavy atom. The third-order valence-electron chi connectivity index (χ3n) is 6.70. The summed E-state index contributed by atoms with van der Waals surface area (Å²) in [7, 11) is 1.46. The molecule has 0 amide bonds. The van der Waals surface area contributed by atoms with Crippen molar-refractivity contribution in [3.63, 3.8) is 0 Å². The van der Waals surface area contributed by atoms with Crippen molar-refractivity contribution in [2.24, 2.45) is 4.99 Å². The first-order valence-electron chi connectivity index (χ1n) is 11.8. The van der Waals surface area contributed by atoms with Crippen LogP contribution in [0.5, 0.6) is 17.2 Å². The van der Waals surface area contributed by atoms with Gasteiger partial charge in [-0.3, -0.25) is 0 Å². The molecule has 0 radical (unpaired) electrons. The fraction of sp³-hybridized carbons (Fsp3) is 0.241. The molecule has 3 aromatic carbocycles. The first-order chi connectivity index (χ1) is 17.9. The molecule has 38 heavy (non-hydrogen) atoms. The Hall–Kier alpha value is -3.85. The largest absolute Gasteiger partial charge is 0.508 e. The third kappa shape index (κ3) is 5.24. The number of benzene rings is 3. The molecule has 1 unspecified atom stereocenters. The van der Waals surface area contributed by atoms with Crippen molar-refractivity contribution in [2.75, 3.05) is 12.0 Å². The van der Waals surface area contributed by atoms with Crippen LogP contribution in [0.4, 0.5) is 18.9 Å². The molecule has 1 aliphatic rings. The average molecular weight is 541 g/mol. The van der Waals surface area contributed by atoms with E-state index in [2.05, 4.69) is 11.6 Å². The molecule has 0 saturated carbocycles. The number of phenols is 2. The number of aromatic hydroxyl groups is 2. The molecule has 3 aromatic rings. The number of nitrogens with zero attached hydrogens (tertiary/aromatic N) is 2. The minimum atomic E-state index is -4.54. The lowest BCUT2D eigenvalue weighted by molar-refractivity contribution is -0.137. The van der Waals surface area contributed by atoms with Crippen molar-refractivity contribution in [2.45, 2.75) is 37.9 Å². The molecule has 1 aliphatic heterocycles. The molecular weight excluding hydrogens is 513 g/mol. The Bertz CT molecular complexity index is 1420. The van der Waals surface area contributed by atoms with Crippen LogP contribution in [0.3, 0.4) is 0 Å². The quantitative estimate of drug-likeness (QED) is 0.253. The van der Waals surface area contributed by atoms with Crippen LogP contribution in [-0.2, 0) is 11.6 Å². The van der Waals surface area contributed by atoms with Crippen LogP contribution < -0.4 is 9.64 Å². The highest BCUT2D eigenvalue weighted by Crippen LogP contribution is 2.45. The number of allylic oxidation sites excluding steroid dienone is 1. The standard InChI is InChI=1S/C29H27F3N2O3S/c1-5-28(2,3)22-14-21(26(37-4)16-25(22)36)24-15-23(17-9-11-20(35)12-10-17)33-27(38)34(24)19-8-6-7-18(13-19)29(30,31)32/h5-14,16,24,35-36H,1,15H2,2-4H3. The Kier molecular flexibility index (Phi) is 7.25. The van der Waals surface area contributed by atoms with Crippen molar-refractivity contribution in [3.05, 3.63) is 95.6 Å². The Morgan fingerprint density at radius 2 is 1.76 bits per heavy atom. The lowest BCUT2D eigenvalue weighted by Gasteiger charge is -2.38. The Morgan fingerprint density at radius 3 is 2.37 bits per heavy atom. The maximum atomic E-state index is 13.6. The molecule has 0 aliphatic carbocycles. The van der Waals surface area contributed by atoms with Gasteiger partial charge in [-0.1, -0.05) is 26.0 Å². The number of rotatable bonds is 6. The first-order valence-corrected chi connectivity index (χ1v) is 12.2. The summed E-state index contributed by atoms with van der Waals surface area (Å²) in [6.07, 6.45) is -2.57. The minimum Gasteiger partial charge on any atom is -0.508 e. The number of halogens is 3. The zero-order valence-corrected chi connectivity index (χ0v) is 21.9. The molecule has 1 atom stereocenters. The first kappa shape index (κ1) is 27.2. The van der Waals surface area contributed by atoms with Gasteiger partial charge in [0.25, 0.3) is 0 Å². The second-order valence-electron chi connectivity index (χ2n) is 9.56. The number of thiocarbonyl (C=S) groups is 1. The maximum absolute atomic E-state index is 13.6. The van der Waals surface area contributed by atoms with E-state index in [9.17, 15) is 23.4 Å². The summed E-state index contributed by atoms with van der Waals surface area (Å²) >= 11 is 5.66. The number of methoxy groups -OCH3 is 1. The molecule has 5 nitrogen and oxygen atoms in total. The fourth-order valence-electron chi connectivity index (χ4n) is 4.48. The Balaban J connectivity index is 1.95. The molecule has 1 heterocycles. The molecule has 198 valence electrons. The lowest BCUT2D eigenvalue weighted by Crippen LogP contribution is -2.39. The molecular formula is C29H27F3N2O3S. The summed E-state index contributed by atoms with van der Waals surface area (Å²) in [5.41, 5.74) is 1.30. The van der Waals surface area contributed by atoms with Crippen LogP contribution in [0.1, 0.15) is 48.6 Å². The average Bonchev–Trinajstić information content (AvgIpc) is 2.87. The van der Waals surface area contributed by atoms with Gasteiger partial charge in [0.2, 0.25) is 5.11 Å². The van der Waals surface area contributed by atoms with E-state index >= 15 is 0 Å². The molecule has 0 spiro atoms. The van der Waals surface area contributed by atoms with Crippen molar-refractivity contribution in [1.29, 1.82) is 0 Å². The van der Waals surface area contributed by atoms with Gasteiger partial charge < -0.3 is 19.8 Å². The SMILES string of the molecule is C=CC(C)(C)c1cc(C2CC(c3ccc(O)cc3)=NC(=S)N2c2cccc(C(F)(F)F)c2)c(OC)cc1O. The van der Waals surface area contributed by atoms with E-state index in [1.165, 1.54) is 31.4 Å². The number of hydrogen-bond donors (Lipinski definition) is 2. The van der Waals surface area contributed by atoms with Gasteiger partial charge in [0.1, 0.15) is 17.2 Å². The summed E-state index contributed by atoms with van der Waals surface area (Å²) in [5.74, 6) is 0.446. The number of phenolic OH excluding ortho intramolecular Hbond substituents is 2. The lowest BCUT2D eigenvalue weighted by atomic mass is 9.81. The monoisotopic (exact) mass is 540 g/mol. The van der Waals surface area contributed by atoms with Crippen LogP contribution in [0.2, 0.25) is 0 Å². The van der Waals surface area contributed by atoms with E-state index in [1.807, 2.05) is 13.8 Å². The number of ether oxygens (including phenoxy) is 1. The highest BCUT2D eigenvalue weighted by molar-refractivity contribution is 7.80. The van der Waals surface area contributed by atoms with Crippen LogP contribution in [0, 0.1) is 0 Å². The summed E-state index contributed by atoms with van der Waals surface area (Å²) in [4.78, 5) is 6.15.